The molecule has 0 saturated heterocycles. The van der Waals surface area contributed by atoms with Crippen molar-refractivity contribution in [3.8, 4) is 0 Å². The lowest BCUT2D eigenvalue weighted by Crippen LogP contribution is -1.99. The van der Waals surface area contributed by atoms with Gasteiger partial charge in [0.05, 0.1) is 0 Å². The SMILES string of the molecule is Cc1ccc(C=C2CCCCCC2=O)cc1. The number of benzene rings is 1. The van der Waals surface area contributed by atoms with Gasteiger partial charge in [0.25, 0.3) is 0 Å². The van der Waals surface area contributed by atoms with E-state index in [2.05, 4.69) is 37.3 Å². The number of rotatable bonds is 1. The van der Waals surface area contributed by atoms with Crippen LogP contribution in [0.5, 0.6) is 0 Å². The smallest absolute Gasteiger partial charge is 0.158 e. The Balaban J connectivity index is 2.21. The molecule has 0 heterocycles. The standard InChI is InChI=1S/C15H18O/c1-12-7-9-13(10-8-12)11-14-5-3-2-4-6-15(14)16/h7-11H,2-6H2,1H3. The third kappa shape index (κ3) is 2.82. The van der Waals surface area contributed by atoms with Crippen molar-refractivity contribution in [3.63, 3.8) is 0 Å². The largest absolute Gasteiger partial charge is 0.295 e. The van der Waals surface area contributed by atoms with Gasteiger partial charge in [-0.1, -0.05) is 36.2 Å². The average molecular weight is 214 g/mol. The van der Waals surface area contributed by atoms with Crippen LogP contribution >= 0.6 is 0 Å². The molecule has 84 valence electrons. The monoisotopic (exact) mass is 214 g/mol. The van der Waals surface area contributed by atoms with Crippen molar-refractivity contribution in [1.29, 1.82) is 0 Å². The second-order valence-corrected chi connectivity index (χ2v) is 4.56. The molecule has 0 radical (unpaired) electrons. The molecule has 0 atom stereocenters. The molecule has 1 heteroatoms. The predicted octanol–water partition coefficient (Wildman–Crippen LogP) is 3.91. The summed E-state index contributed by atoms with van der Waals surface area (Å²) in [5, 5.41) is 0. The normalized spacial score (nSPS) is 19.8. The van der Waals surface area contributed by atoms with Gasteiger partial charge in [-0.3, -0.25) is 4.79 Å². The van der Waals surface area contributed by atoms with Crippen LogP contribution in [0.1, 0.15) is 43.2 Å². The van der Waals surface area contributed by atoms with Crippen LogP contribution in [0.3, 0.4) is 0 Å². The molecule has 16 heavy (non-hydrogen) atoms. The highest BCUT2D eigenvalue weighted by Crippen LogP contribution is 2.21. The maximum atomic E-state index is 11.8. The second kappa shape index (κ2) is 5.11. The van der Waals surface area contributed by atoms with Crippen LogP contribution in [0, 0.1) is 6.92 Å². The first-order valence-corrected chi connectivity index (χ1v) is 6.06. The van der Waals surface area contributed by atoms with Gasteiger partial charge in [0, 0.05) is 6.42 Å². The number of aryl methyl sites for hydroxylation is 1. The number of hydrogen-bond acceptors (Lipinski definition) is 1. The fourth-order valence-electron chi connectivity index (χ4n) is 2.09. The third-order valence-electron chi connectivity index (χ3n) is 3.13. The molecule has 0 aromatic heterocycles. The maximum absolute atomic E-state index is 11.8. The van der Waals surface area contributed by atoms with E-state index >= 15 is 0 Å². The van der Waals surface area contributed by atoms with Crippen molar-refractivity contribution in [1.82, 2.24) is 0 Å². The van der Waals surface area contributed by atoms with Crippen molar-refractivity contribution in [2.45, 2.75) is 39.0 Å². The predicted molar refractivity (Wildman–Crippen MR) is 67.2 cm³/mol. The molecule has 2 rings (SSSR count). The van der Waals surface area contributed by atoms with E-state index in [-0.39, 0.29) is 0 Å². The Kier molecular flexibility index (Phi) is 3.55. The lowest BCUT2D eigenvalue weighted by Gasteiger charge is -2.02. The van der Waals surface area contributed by atoms with E-state index in [1.54, 1.807) is 0 Å². The lowest BCUT2D eigenvalue weighted by molar-refractivity contribution is -0.115. The van der Waals surface area contributed by atoms with Crippen LogP contribution in [0.15, 0.2) is 29.8 Å². The molecular formula is C15H18O. The molecule has 1 aliphatic carbocycles. The molecule has 0 spiro atoms. The Labute approximate surface area is 97.2 Å². The zero-order valence-electron chi connectivity index (χ0n) is 9.83. The molecule has 0 aliphatic heterocycles. The fraction of sp³-hybridized carbons (Fsp3) is 0.400. The Morgan fingerprint density at radius 3 is 2.44 bits per heavy atom. The van der Waals surface area contributed by atoms with Gasteiger partial charge >= 0.3 is 0 Å². The summed E-state index contributed by atoms with van der Waals surface area (Å²) in [7, 11) is 0. The maximum Gasteiger partial charge on any atom is 0.158 e. The number of hydrogen-bond donors (Lipinski definition) is 0. The van der Waals surface area contributed by atoms with Crippen LogP contribution in [-0.2, 0) is 4.79 Å². The Morgan fingerprint density at radius 1 is 1.00 bits per heavy atom. The van der Waals surface area contributed by atoms with E-state index < -0.39 is 0 Å². The van der Waals surface area contributed by atoms with Gasteiger partial charge in [0.15, 0.2) is 5.78 Å². The van der Waals surface area contributed by atoms with E-state index in [9.17, 15) is 4.79 Å². The molecule has 1 aromatic rings. The molecule has 1 nitrogen and oxygen atoms in total. The van der Waals surface area contributed by atoms with Gasteiger partial charge in [0.1, 0.15) is 0 Å². The van der Waals surface area contributed by atoms with Crippen LogP contribution in [0.2, 0.25) is 0 Å². The number of ketones is 1. The highest BCUT2D eigenvalue weighted by molar-refractivity contribution is 5.99. The zero-order chi connectivity index (χ0) is 11.4. The number of Topliss-reactive ketones (excluding diaryl/α,β-unsaturated/α-hetero) is 1. The van der Waals surface area contributed by atoms with E-state index in [0.29, 0.717) is 5.78 Å². The van der Waals surface area contributed by atoms with E-state index in [0.717, 1.165) is 36.8 Å². The molecule has 1 fully saturated rings. The van der Waals surface area contributed by atoms with Crippen LogP contribution in [0.25, 0.3) is 6.08 Å². The zero-order valence-corrected chi connectivity index (χ0v) is 9.83. The van der Waals surface area contributed by atoms with Crippen LogP contribution < -0.4 is 0 Å². The van der Waals surface area contributed by atoms with Gasteiger partial charge in [-0.2, -0.15) is 0 Å². The Bertz CT molecular complexity index is 398. The quantitative estimate of drug-likeness (QED) is 0.511. The summed E-state index contributed by atoms with van der Waals surface area (Å²) in [6.45, 7) is 2.08. The minimum atomic E-state index is 0.345. The highest BCUT2D eigenvalue weighted by atomic mass is 16.1. The number of allylic oxidation sites excluding steroid dienone is 1. The third-order valence-corrected chi connectivity index (χ3v) is 3.13. The average Bonchev–Trinajstić information content (AvgIpc) is 2.48. The molecule has 0 amide bonds. The summed E-state index contributed by atoms with van der Waals surface area (Å²) in [6.07, 6.45) is 7.15. The molecular weight excluding hydrogens is 196 g/mol. The molecule has 1 aromatic carbocycles. The summed E-state index contributed by atoms with van der Waals surface area (Å²) >= 11 is 0. The number of carbonyl (C=O) groups excluding carboxylic acids is 1. The topological polar surface area (TPSA) is 17.1 Å². The second-order valence-electron chi connectivity index (χ2n) is 4.56. The molecule has 0 unspecified atom stereocenters. The summed E-state index contributed by atoms with van der Waals surface area (Å²) < 4.78 is 0. The molecule has 0 N–H and O–H groups in total. The highest BCUT2D eigenvalue weighted by Gasteiger charge is 2.12. The van der Waals surface area contributed by atoms with Crippen molar-refractivity contribution in [3.05, 3.63) is 41.0 Å². The van der Waals surface area contributed by atoms with Gasteiger partial charge in [-0.15, -0.1) is 0 Å². The van der Waals surface area contributed by atoms with E-state index in [4.69, 9.17) is 0 Å². The number of carbonyl (C=O) groups is 1. The first-order chi connectivity index (χ1) is 7.75. The Morgan fingerprint density at radius 2 is 1.69 bits per heavy atom. The summed E-state index contributed by atoms with van der Waals surface area (Å²) in [5.74, 6) is 0.345. The van der Waals surface area contributed by atoms with Gasteiger partial charge < -0.3 is 0 Å². The van der Waals surface area contributed by atoms with E-state index in [1.807, 2.05) is 0 Å². The van der Waals surface area contributed by atoms with Crippen LogP contribution in [-0.4, -0.2) is 5.78 Å². The van der Waals surface area contributed by atoms with Crippen molar-refractivity contribution in [2.75, 3.05) is 0 Å². The first-order valence-electron chi connectivity index (χ1n) is 6.06. The lowest BCUT2D eigenvalue weighted by atomic mass is 10.0. The van der Waals surface area contributed by atoms with Crippen molar-refractivity contribution >= 4 is 11.9 Å². The molecule has 1 aliphatic rings. The summed E-state index contributed by atoms with van der Waals surface area (Å²) in [4.78, 5) is 11.8. The van der Waals surface area contributed by atoms with Gasteiger partial charge in [0.2, 0.25) is 0 Å². The van der Waals surface area contributed by atoms with E-state index in [1.165, 1.54) is 12.0 Å². The van der Waals surface area contributed by atoms with Gasteiger partial charge in [-0.05, 0) is 43.4 Å². The summed E-state index contributed by atoms with van der Waals surface area (Å²) in [6, 6.07) is 8.35. The fourth-order valence-corrected chi connectivity index (χ4v) is 2.09. The minimum absolute atomic E-state index is 0.345. The first kappa shape index (κ1) is 11.1. The van der Waals surface area contributed by atoms with Crippen LogP contribution in [0.4, 0.5) is 0 Å². The molecule has 1 saturated carbocycles. The van der Waals surface area contributed by atoms with Crippen molar-refractivity contribution in [2.24, 2.45) is 0 Å². The minimum Gasteiger partial charge on any atom is -0.295 e. The summed E-state index contributed by atoms with van der Waals surface area (Å²) in [5.41, 5.74) is 3.42. The molecule has 0 bridgehead atoms. The van der Waals surface area contributed by atoms with Crippen molar-refractivity contribution < 1.29 is 4.79 Å². The van der Waals surface area contributed by atoms with Gasteiger partial charge in [-0.25, -0.2) is 0 Å². The Hall–Kier alpha value is -1.37.